The lowest BCUT2D eigenvalue weighted by Crippen LogP contribution is -2.44. The van der Waals surface area contributed by atoms with E-state index in [2.05, 4.69) is 35.6 Å². The van der Waals surface area contributed by atoms with Crippen molar-refractivity contribution in [2.45, 2.75) is 51.6 Å². The molecule has 0 aliphatic heterocycles. The molecule has 4 N–H and O–H groups in total. The molecule has 0 saturated heterocycles. The zero-order chi connectivity index (χ0) is 22.0. The van der Waals surface area contributed by atoms with Crippen LogP contribution in [-0.2, 0) is 17.6 Å². The van der Waals surface area contributed by atoms with Crippen molar-refractivity contribution >= 4 is 5.91 Å². The molecule has 2 atom stereocenters. The van der Waals surface area contributed by atoms with Crippen LogP contribution in [0.3, 0.4) is 0 Å². The van der Waals surface area contributed by atoms with Gasteiger partial charge in [0.05, 0.1) is 12.1 Å². The second-order valence-electron chi connectivity index (χ2n) is 8.60. The van der Waals surface area contributed by atoms with Crippen LogP contribution in [0, 0.1) is 13.8 Å². The Morgan fingerprint density at radius 2 is 1.77 bits per heavy atom. The zero-order valence-corrected chi connectivity index (χ0v) is 18.2. The number of benzene rings is 3. The van der Waals surface area contributed by atoms with Crippen LogP contribution < -0.4 is 11.1 Å². The molecule has 4 nitrogen and oxygen atoms in total. The van der Waals surface area contributed by atoms with Crippen molar-refractivity contribution in [2.24, 2.45) is 5.73 Å². The van der Waals surface area contributed by atoms with Crippen molar-refractivity contribution in [3.63, 3.8) is 0 Å². The van der Waals surface area contributed by atoms with Crippen molar-refractivity contribution in [3.8, 4) is 16.9 Å². The number of nitrogens with one attached hydrogen (secondary N) is 1. The van der Waals surface area contributed by atoms with Gasteiger partial charge in [-0.05, 0) is 96.7 Å². The molecule has 3 aromatic carbocycles. The van der Waals surface area contributed by atoms with Gasteiger partial charge >= 0.3 is 0 Å². The first kappa shape index (κ1) is 21.1. The van der Waals surface area contributed by atoms with Gasteiger partial charge in [0.15, 0.2) is 0 Å². The summed E-state index contributed by atoms with van der Waals surface area (Å²) in [5.41, 5.74) is 14.1. The highest BCUT2D eigenvalue weighted by molar-refractivity contribution is 5.82. The molecule has 0 bridgehead atoms. The van der Waals surface area contributed by atoms with E-state index < -0.39 is 6.04 Å². The Kier molecular flexibility index (Phi) is 6.10. The number of carbonyl (C=O) groups is 1. The molecule has 31 heavy (non-hydrogen) atoms. The highest BCUT2D eigenvalue weighted by Crippen LogP contribution is 2.33. The number of hydrogen-bond acceptors (Lipinski definition) is 3. The monoisotopic (exact) mass is 414 g/mol. The summed E-state index contributed by atoms with van der Waals surface area (Å²) in [5.74, 6) is 0.111. The summed E-state index contributed by atoms with van der Waals surface area (Å²) in [6.45, 7) is 3.88. The van der Waals surface area contributed by atoms with E-state index in [1.54, 1.807) is 12.1 Å². The fraction of sp³-hybridized carbons (Fsp3) is 0.296. The minimum atomic E-state index is -0.635. The third-order valence-electron chi connectivity index (χ3n) is 6.33. The number of phenolic OH excluding ortho intramolecular Hbond substituents is 1. The fourth-order valence-corrected chi connectivity index (χ4v) is 4.64. The van der Waals surface area contributed by atoms with E-state index in [1.165, 1.54) is 22.3 Å². The molecule has 0 fully saturated rings. The van der Waals surface area contributed by atoms with E-state index in [4.69, 9.17) is 5.73 Å². The summed E-state index contributed by atoms with van der Waals surface area (Å²) in [7, 11) is 0. The Bertz CT molecular complexity index is 1070. The van der Waals surface area contributed by atoms with Crippen molar-refractivity contribution in [2.75, 3.05) is 0 Å². The van der Waals surface area contributed by atoms with Gasteiger partial charge in [-0.1, -0.05) is 42.5 Å². The third-order valence-corrected chi connectivity index (χ3v) is 6.33. The van der Waals surface area contributed by atoms with Crippen LogP contribution in [0.15, 0.2) is 60.7 Å². The molecule has 0 radical (unpaired) electrons. The predicted octanol–water partition coefficient (Wildman–Crippen LogP) is 4.74. The lowest BCUT2D eigenvalue weighted by molar-refractivity contribution is -0.123. The summed E-state index contributed by atoms with van der Waals surface area (Å²) in [5, 5.41) is 13.0. The topological polar surface area (TPSA) is 75.3 Å². The molecule has 4 rings (SSSR count). The lowest BCUT2D eigenvalue weighted by Gasteiger charge is -2.28. The third kappa shape index (κ3) is 4.64. The number of nitrogens with two attached hydrogens (primary N) is 1. The molecule has 1 aliphatic rings. The molecule has 0 unspecified atom stereocenters. The maximum absolute atomic E-state index is 13.0. The number of aryl methyl sites for hydroxylation is 3. The van der Waals surface area contributed by atoms with Crippen LogP contribution in [0.4, 0.5) is 0 Å². The zero-order valence-electron chi connectivity index (χ0n) is 18.2. The van der Waals surface area contributed by atoms with Crippen LogP contribution in [0.5, 0.6) is 5.75 Å². The van der Waals surface area contributed by atoms with Crippen molar-refractivity contribution in [1.29, 1.82) is 0 Å². The van der Waals surface area contributed by atoms with Crippen LogP contribution in [-0.4, -0.2) is 17.1 Å². The van der Waals surface area contributed by atoms with Crippen molar-refractivity contribution < 1.29 is 9.90 Å². The predicted molar refractivity (Wildman–Crippen MR) is 125 cm³/mol. The van der Waals surface area contributed by atoms with Crippen molar-refractivity contribution in [3.05, 3.63) is 88.5 Å². The average Bonchev–Trinajstić information content (AvgIpc) is 2.76. The minimum absolute atomic E-state index is 0.0204. The van der Waals surface area contributed by atoms with Gasteiger partial charge in [0, 0.05) is 0 Å². The molecule has 0 saturated carbocycles. The Balaban J connectivity index is 1.52. The molecular formula is C27H30N2O2. The second kappa shape index (κ2) is 8.94. The summed E-state index contributed by atoms with van der Waals surface area (Å²) in [4.78, 5) is 13.0. The Labute approximate surface area is 184 Å². The standard InChI is InChI=1S/C27H30N2O2/c1-17-13-22(30)14-18(2)23(17)16-25(28)27(31)29-26-10-6-9-20-11-12-21(15-24(20)26)19-7-4-3-5-8-19/h3-5,7-8,11-15,25-26,30H,6,9-10,16,28H2,1-2H3,(H,29,31)/t25-,26+/m0/s1. The summed E-state index contributed by atoms with van der Waals surface area (Å²) >= 11 is 0. The first-order valence-electron chi connectivity index (χ1n) is 11.0. The van der Waals surface area contributed by atoms with Crippen LogP contribution in [0.2, 0.25) is 0 Å². The van der Waals surface area contributed by atoms with Gasteiger partial charge in [-0.15, -0.1) is 0 Å². The molecule has 0 aromatic heterocycles. The van der Waals surface area contributed by atoms with Gasteiger partial charge in [0.2, 0.25) is 5.91 Å². The van der Waals surface area contributed by atoms with Crippen LogP contribution >= 0.6 is 0 Å². The van der Waals surface area contributed by atoms with Gasteiger partial charge in [0.1, 0.15) is 5.75 Å². The van der Waals surface area contributed by atoms with Gasteiger partial charge in [-0.2, -0.15) is 0 Å². The largest absolute Gasteiger partial charge is 0.508 e. The van der Waals surface area contributed by atoms with Gasteiger partial charge in [-0.25, -0.2) is 0 Å². The molecule has 160 valence electrons. The Hall–Kier alpha value is -3.11. The maximum atomic E-state index is 13.0. The molecule has 0 heterocycles. The Morgan fingerprint density at radius 1 is 1.06 bits per heavy atom. The number of hydrogen-bond donors (Lipinski definition) is 3. The number of carbonyl (C=O) groups excluding carboxylic acids is 1. The summed E-state index contributed by atoms with van der Waals surface area (Å²) < 4.78 is 0. The maximum Gasteiger partial charge on any atom is 0.237 e. The molecule has 1 aliphatic carbocycles. The van der Waals surface area contributed by atoms with E-state index >= 15 is 0 Å². The lowest BCUT2D eigenvalue weighted by atomic mass is 9.85. The fourth-order valence-electron chi connectivity index (χ4n) is 4.64. The van der Waals surface area contributed by atoms with E-state index in [9.17, 15) is 9.90 Å². The van der Waals surface area contributed by atoms with E-state index in [0.717, 1.165) is 36.0 Å². The summed E-state index contributed by atoms with van der Waals surface area (Å²) in [6, 6.07) is 19.7. The van der Waals surface area contributed by atoms with E-state index in [-0.39, 0.29) is 17.7 Å². The molecule has 4 heteroatoms. The van der Waals surface area contributed by atoms with E-state index in [0.29, 0.717) is 6.42 Å². The highest BCUT2D eigenvalue weighted by Gasteiger charge is 2.25. The molecular weight excluding hydrogens is 384 g/mol. The highest BCUT2D eigenvalue weighted by atomic mass is 16.3. The van der Waals surface area contributed by atoms with Gasteiger partial charge in [-0.3, -0.25) is 4.79 Å². The minimum Gasteiger partial charge on any atom is -0.508 e. The van der Waals surface area contributed by atoms with Crippen molar-refractivity contribution in [1.82, 2.24) is 5.32 Å². The number of phenols is 1. The number of amides is 1. The molecule has 3 aromatic rings. The van der Waals surface area contributed by atoms with Gasteiger partial charge in [0.25, 0.3) is 0 Å². The molecule has 1 amide bonds. The average molecular weight is 415 g/mol. The van der Waals surface area contributed by atoms with Crippen LogP contribution in [0.25, 0.3) is 11.1 Å². The van der Waals surface area contributed by atoms with E-state index in [1.807, 2.05) is 32.0 Å². The number of rotatable bonds is 5. The quantitative estimate of drug-likeness (QED) is 0.564. The first-order valence-corrected chi connectivity index (χ1v) is 11.0. The normalized spacial score (nSPS) is 16.4. The SMILES string of the molecule is Cc1cc(O)cc(C)c1C[C@H](N)C(=O)N[C@@H]1CCCc2ccc(-c3ccccc3)cc21. The Morgan fingerprint density at radius 3 is 2.48 bits per heavy atom. The second-order valence-corrected chi connectivity index (χ2v) is 8.60. The number of fused-ring (bicyclic) bond motifs is 1. The first-order chi connectivity index (χ1) is 14.9. The number of aromatic hydroxyl groups is 1. The van der Waals surface area contributed by atoms with Crippen LogP contribution in [0.1, 0.15) is 46.7 Å². The van der Waals surface area contributed by atoms with Gasteiger partial charge < -0.3 is 16.2 Å². The summed E-state index contributed by atoms with van der Waals surface area (Å²) in [6.07, 6.45) is 3.46. The molecule has 0 spiro atoms. The smallest absolute Gasteiger partial charge is 0.237 e.